The zero-order valence-electron chi connectivity index (χ0n) is 28.9. The van der Waals surface area contributed by atoms with E-state index in [1.165, 1.54) is 21.5 Å². The van der Waals surface area contributed by atoms with Crippen LogP contribution in [-0.2, 0) is 6.42 Å². The standard InChI is InChI=1S/C42H47ClN5OP.ClH/c43-50(37-20-10-5-11-21-37,38-22-12-6-13-23-38,39-24-14-7-15-25-39)33-17-3-1-2-16-32-49-36-28-26-35(27-29-36)40-46-41(44)48-42(47-40)45-31-30-34-18-8-4-9-19-34;/h4-15,18-29,40H,1-3,16-17,30-33H2,(H4,44,45,46,47,48);1H. The maximum Gasteiger partial charge on any atom is 0.352 e. The second kappa shape index (κ2) is 18.2. The Hall–Kier alpha value is -4.35. The Bertz CT molecular complexity index is 1740. The molecule has 0 bridgehead atoms. The molecule has 0 saturated heterocycles. The molecule has 9 heteroatoms. The van der Waals surface area contributed by atoms with Crippen LogP contribution in [0.25, 0.3) is 0 Å². The zero-order valence-corrected chi connectivity index (χ0v) is 31.3. The van der Waals surface area contributed by atoms with E-state index in [2.05, 4.69) is 136 Å². The van der Waals surface area contributed by atoms with E-state index in [-0.39, 0.29) is 18.6 Å². The minimum Gasteiger partial charge on any atom is -1.00 e. The first-order valence-electron chi connectivity index (χ1n) is 17.7. The van der Waals surface area contributed by atoms with Gasteiger partial charge in [-0.15, -0.1) is 0 Å². The van der Waals surface area contributed by atoms with Crippen LogP contribution < -0.4 is 54.4 Å². The third kappa shape index (κ3) is 9.31. The quantitative estimate of drug-likeness (QED) is 0.0928. The molecule has 6 nitrogen and oxygen atoms in total. The fraction of sp³-hybridized carbons (Fsp3) is 0.238. The number of nitrogens with one attached hydrogen (secondary N) is 3. The maximum absolute atomic E-state index is 8.21. The molecular formula is C42H48Cl2N5OP. The summed E-state index contributed by atoms with van der Waals surface area (Å²) in [5, 5.41) is 10.2. The van der Waals surface area contributed by atoms with Crippen LogP contribution in [0.5, 0.6) is 5.75 Å². The van der Waals surface area contributed by atoms with Gasteiger partial charge in [-0.1, -0.05) is 30.3 Å². The van der Waals surface area contributed by atoms with Crippen molar-refractivity contribution in [3.8, 4) is 5.75 Å². The molecule has 0 aromatic heterocycles. The average molecular weight is 741 g/mol. The first-order valence-corrected chi connectivity index (χ1v) is 21.0. The van der Waals surface area contributed by atoms with Gasteiger partial charge in [0.2, 0.25) is 0 Å². The van der Waals surface area contributed by atoms with Gasteiger partial charge in [0, 0.05) is 6.42 Å². The summed E-state index contributed by atoms with van der Waals surface area (Å²) >= 11 is 8.21. The van der Waals surface area contributed by atoms with Crippen molar-refractivity contribution >= 4 is 45.0 Å². The molecular weight excluding hydrogens is 692 g/mol. The third-order valence-electron chi connectivity index (χ3n) is 9.43. The van der Waals surface area contributed by atoms with Gasteiger partial charge in [0.25, 0.3) is 5.96 Å². The number of hydrogen-bond donors (Lipinski definition) is 4. The number of nitrogens with two attached hydrogens (primary N) is 1. The Kier molecular flexibility index (Phi) is 13.5. The van der Waals surface area contributed by atoms with Gasteiger partial charge in [-0.05, 0) is 5.56 Å². The van der Waals surface area contributed by atoms with E-state index in [9.17, 15) is 0 Å². The Morgan fingerprint density at radius 3 is 1.75 bits per heavy atom. The Morgan fingerprint density at radius 2 is 1.18 bits per heavy atom. The molecule has 5 aromatic rings. The minimum absolute atomic E-state index is 0. The number of halogens is 2. The van der Waals surface area contributed by atoms with Gasteiger partial charge >= 0.3 is 215 Å². The van der Waals surface area contributed by atoms with Crippen molar-refractivity contribution in [1.29, 1.82) is 0 Å². The molecule has 266 valence electrons. The SMILES string of the molecule is NC1=NC(c2ccc(OCCCCCCCP(Cl)(c3ccccc3)(c3ccccc3)c3ccccc3)cc2)NC(=[NH+]CCc2ccccc2)N1.[Cl-]. The molecule has 0 fully saturated rings. The molecule has 0 amide bonds. The predicted molar refractivity (Wildman–Crippen MR) is 213 cm³/mol. The van der Waals surface area contributed by atoms with Gasteiger partial charge in [-0.2, -0.15) is 4.99 Å². The Balaban J connectivity index is 0.00000504. The average Bonchev–Trinajstić information content (AvgIpc) is 3.17. The molecule has 1 aliphatic rings. The molecule has 1 aliphatic heterocycles. The van der Waals surface area contributed by atoms with Crippen molar-refractivity contribution in [2.24, 2.45) is 10.7 Å². The predicted octanol–water partition coefficient (Wildman–Crippen LogP) is 2.89. The number of rotatable bonds is 16. The number of nitrogens with zero attached hydrogens (tertiary/aromatic N) is 1. The largest absolute Gasteiger partial charge is 1.00 e. The second-order valence-corrected chi connectivity index (χ2v) is 19.4. The fourth-order valence-corrected chi connectivity index (χ4v) is 13.0. The van der Waals surface area contributed by atoms with Gasteiger partial charge in [-0.3, -0.25) is 10.3 Å². The van der Waals surface area contributed by atoms with Gasteiger partial charge < -0.3 is 18.1 Å². The van der Waals surface area contributed by atoms with E-state index in [0.29, 0.717) is 12.6 Å². The first kappa shape index (κ1) is 37.9. The monoisotopic (exact) mass is 739 g/mol. The van der Waals surface area contributed by atoms with Gasteiger partial charge in [0.1, 0.15) is 0 Å². The summed E-state index contributed by atoms with van der Waals surface area (Å²) in [5.74, 6) is -1.19. The number of guanidine groups is 2. The van der Waals surface area contributed by atoms with Gasteiger partial charge in [0.05, 0.1) is 6.54 Å². The van der Waals surface area contributed by atoms with Crippen LogP contribution in [0, 0.1) is 0 Å². The summed E-state index contributed by atoms with van der Waals surface area (Å²) < 4.78 is 6.11. The number of hydrogen-bond acceptors (Lipinski definition) is 3. The second-order valence-electron chi connectivity index (χ2n) is 12.8. The molecule has 5 N–H and O–H groups in total. The van der Waals surface area contributed by atoms with E-state index in [4.69, 9.17) is 21.7 Å². The summed E-state index contributed by atoms with van der Waals surface area (Å²) in [7, 11) is 0. The fourth-order valence-electron chi connectivity index (χ4n) is 6.76. The van der Waals surface area contributed by atoms with Crippen molar-refractivity contribution in [2.45, 2.75) is 44.7 Å². The molecule has 1 heterocycles. The Morgan fingerprint density at radius 1 is 0.667 bits per heavy atom. The first-order chi connectivity index (χ1) is 24.5. The van der Waals surface area contributed by atoms with E-state index < -0.39 is 5.96 Å². The Labute approximate surface area is 313 Å². The van der Waals surface area contributed by atoms with Crippen molar-refractivity contribution in [3.63, 3.8) is 0 Å². The van der Waals surface area contributed by atoms with Crippen LogP contribution in [0.3, 0.4) is 0 Å². The normalized spacial score (nSPS) is 15.7. The van der Waals surface area contributed by atoms with Gasteiger partial charge in [0.15, 0.2) is 6.17 Å². The topological polar surface area (TPSA) is 85.6 Å². The van der Waals surface area contributed by atoms with Crippen molar-refractivity contribution in [2.75, 3.05) is 19.3 Å². The maximum atomic E-state index is 8.21. The number of ether oxygens (including phenoxy) is 1. The van der Waals surface area contributed by atoms with E-state index >= 15 is 0 Å². The van der Waals surface area contributed by atoms with Crippen LogP contribution in [0.15, 0.2) is 151 Å². The molecule has 0 radical (unpaired) electrons. The molecule has 5 aromatic carbocycles. The van der Waals surface area contributed by atoms with Crippen molar-refractivity contribution < 1.29 is 22.1 Å². The van der Waals surface area contributed by atoms with Crippen LogP contribution in [0.4, 0.5) is 0 Å². The number of benzene rings is 5. The zero-order chi connectivity index (χ0) is 34.5. The molecule has 1 atom stereocenters. The molecule has 0 spiro atoms. The van der Waals surface area contributed by atoms with E-state index in [0.717, 1.165) is 68.5 Å². The van der Waals surface area contributed by atoms with Crippen LogP contribution in [0.1, 0.15) is 49.4 Å². The summed E-state index contributed by atoms with van der Waals surface area (Å²) in [6.07, 6.45) is 7.01. The summed E-state index contributed by atoms with van der Waals surface area (Å²) in [5.41, 5.74) is 8.40. The molecule has 0 aliphatic carbocycles. The summed E-state index contributed by atoms with van der Waals surface area (Å²) in [4.78, 5) is 7.94. The van der Waals surface area contributed by atoms with Crippen molar-refractivity contribution in [1.82, 2.24) is 10.6 Å². The van der Waals surface area contributed by atoms with Crippen LogP contribution in [-0.4, -0.2) is 31.2 Å². The van der Waals surface area contributed by atoms with Crippen molar-refractivity contribution in [3.05, 3.63) is 157 Å². The summed E-state index contributed by atoms with van der Waals surface area (Å²) in [6.45, 7) is 1.46. The molecule has 1 unspecified atom stereocenters. The third-order valence-corrected chi connectivity index (χ3v) is 17.0. The van der Waals surface area contributed by atoms with Crippen LogP contribution in [0.2, 0.25) is 0 Å². The molecule has 51 heavy (non-hydrogen) atoms. The number of unbranched alkanes of at least 4 members (excludes halogenated alkanes) is 4. The molecule has 0 saturated carbocycles. The summed E-state index contributed by atoms with van der Waals surface area (Å²) in [6, 6.07) is 50.8. The smallest absolute Gasteiger partial charge is 0.352 e. The number of aliphatic imine (C=N–C) groups is 1. The van der Waals surface area contributed by atoms with Gasteiger partial charge in [-0.25, -0.2) is 5.32 Å². The molecule has 6 rings (SSSR count). The van der Waals surface area contributed by atoms with Crippen LogP contribution >= 0.6 is 17.2 Å². The van der Waals surface area contributed by atoms with E-state index in [1.54, 1.807) is 0 Å². The van der Waals surface area contributed by atoms with E-state index in [1.807, 2.05) is 30.3 Å². The minimum atomic E-state index is -3.18.